The van der Waals surface area contributed by atoms with Gasteiger partial charge in [0.25, 0.3) is 0 Å². The summed E-state index contributed by atoms with van der Waals surface area (Å²) in [7, 11) is 0. The van der Waals surface area contributed by atoms with Crippen molar-refractivity contribution in [1.29, 1.82) is 0 Å². The highest BCUT2D eigenvalue weighted by molar-refractivity contribution is 9.10. The molecule has 38 heavy (non-hydrogen) atoms. The molecule has 5 aromatic rings. The second kappa shape index (κ2) is 11.5. The number of halogens is 1. The van der Waals surface area contributed by atoms with Crippen molar-refractivity contribution in [1.82, 2.24) is 34.7 Å². The molecule has 3 aromatic heterocycles. The van der Waals surface area contributed by atoms with Crippen molar-refractivity contribution in [3.63, 3.8) is 0 Å². The Labute approximate surface area is 231 Å². The molecule has 0 aliphatic rings. The Morgan fingerprint density at radius 3 is 2.50 bits per heavy atom. The van der Waals surface area contributed by atoms with E-state index in [1.54, 1.807) is 4.68 Å². The van der Waals surface area contributed by atoms with Crippen LogP contribution in [-0.4, -0.2) is 41.3 Å². The number of hydrogen-bond acceptors (Lipinski definition) is 6. The SMILES string of the molecule is CCCCc1nc2cc(Br)c(C)nc2n1Cc1ccc(-c2ccccc2-c2nnnn2C(C)OCC)cc1. The van der Waals surface area contributed by atoms with Crippen molar-refractivity contribution >= 4 is 27.1 Å². The zero-order chi connectivity index (χ0) is 26.6. The number of aromatic nitrogens is 7. The van der Waals surface area contributed by atoms with Crippen LogP contribution in [0.15, 0.2) is 59.1 Å². The van der Waals surface area contributed by atoms with Gasteiger partial charge in [0.2, 0.25) is 0 Å². The molecule has 0 amide bonds. The summed E-state index contributed by atoms with van der Waals surface area (Å²) in [5, 5.41) is 12.4. The molecular weight excluding hydrogens is 542 g/mol. The van der Waals surface area contributed by atoms with Crippen molar-refractivity contribution in [2.45, 2.75) is 59.7 Å². The molecule has 1 atom stereocenters. The van der Waals surface area contributed by atoms with Crippen LogP contribution < -0.4 is 0 Å². The molecule has 5 rings (SSSR count). The Bertz CT molecular complexity index is 1540. The van der Waals surface area contributed by atoms with Gasteiger partial charge < -0.3 is 9.30 Å². The van der Waals surface area contributed by atoms with E-state index < -0.39 is 0 Å². The second-order valence-electron chi connectivity index (χ2n) is 9.36. The number of hydrogen-bond donors (Lipinski definition) is 0. The standard InChI is InChI=1S/C29H32BrN7O/c1-5-7-12-27-32-26-17-25(30)19(3)31-29(26)36(27)18-21-13-15-22(16-14-21)23-10-8-9-11-24(23)28-33-34-35-37(28)20(4)38-6-2/h8-11,13-17,20H,5-7,12,18H2,1-4H3. The van der Waals surface area contributed by atoms with Gasteiger partial charge in [-0.05, 0) is 76.3 Å². The number of aryl methyl sites for hydroxylation is 2. The van der Waals surface area contributed by atoms with Gasteiger partial charge >= 0.3 is 0 Å². The Morgan fingerprint density at radius 2 is 1.76 bits per heavy atom. The molecule has 2 aromatic carbocycles. The lowest BCUT2D eigenvalue weighted by atomic mass is 9.98. The number of tetrazole rings is 1. The van der Waals surface area contributed by atoms with Crippen LogP contribution in [0.5, 0.6) is 0 Å². The second-order valence-corrected chi connectivity index (χ2v) is 10.2. The normalized spacial score (nSPS) is 12.3. The molecule has 0 saturated heterocycles. The van der Waals surface area contributed by atoms with Gasteiger partial charge in [-0.15, -0.1) is 5.10 Å². The average Bonchev–Trinajstić information content (AvgIpc) is 3.54. The topological polar surface area (TPSA) is 83.5 Å². The fraction of sp³-hybridized carbons (Fsp3) is 0.345. The highest BCUT2D eigenvalue weighted by Gasteiger charge is 2.18. The lowest BCUT2D eigenvalue weighted by Gasteiger charge is -2.15. The minimum absolute atomic E-state index is 0.259. The van der Waals surface area contributed by atoms with E-state index in [1.165, 1.54) is 5.56 Å². The summed E-state index contributed by atoms with van der Waals surface area (Å²) in [5.74, 6) is 1.76. The molecule has 0 aliphatic carbocycles. The molecule has 1 unspecified atom stereocenters. The minimum atomic E-state index is -0.259. The summed E-state index contributed by atoms with van der Waals surface area (Å²) in [6.07, 6.45) is 2.90. The van der Waals surface area contributed by atoms with E-state index in [1.807, 2.05) is 39.0 Å². The van der Waals surface area contributed by atoms with E-state index in [2.05, 4.69) is 79.3 Å². The minimum Gasteiger partial charge on any atom is -0.357 e. The molecular formula is C29H32BrN7O. The van der Waals surface area contributed by atoms with Crippen LogP contribution in [0.2, 0.25) is 0 Å². The predicted molar refractivity (Wildman–Crippen MR) is 153 cm³/mol. The van der Waals surface area contributed by atoms with Gasteiger partial charge in [0.05, 0.1) is 12.2 Å². The maximum absolute atomic E-state index is 5.74. The van der Waals surface area contributed by atoms with E-state index in [4.69, 9.17) is 14.7 Å². The van der Waals surface area contributed by atoms with Crippen LogP contribution in [-0.2, 0) is 17.7 Å². The van der Waals surface area contributed by atoms with E-state index in [9.17, 15) is 0 Å². The number of imidazole rings is 1. The van der Waals surface area contributed by atoms with E-state index in [-0.39, 0.29) is 6.23 Å². The van der Waals surface area contributed by atoms with Crippen molar-refractivity contribution in [3.8, 4) is 22.5 Å². The zero-order valence-corrected chi connectivity index (χ0v) is 23.8. The first kappa shape index (κ1) is 26.2. The summed E-state index contributed by atoms with van der Waals surface area (Å²) >= 11 is 3.61. The van der Waals surface area contributed by atoms with E-state index in [0.717, 1.165) is 69.7 Å². The molecule has 0 fully saturated rings. The number of unbranched alkanes of at least 4 members (excludes halogenated alkanes) is 1. The first-order chi connectivity index (χ1) is 18.5. The number of fused-ring (bicyclic) bond motifs is 1. The van der Waals surface area contributed by atoms with Gasteiger partial charge in [-0.1, -0.05) is 61.9 Å². The van der Waals surface area contributed by atoms with Crippen LogP contribution in [0.25, 0.3) is 33.7 Å². The van der Waals surface area contributed by atoms with Crippen molar-refractivity contribution in [2.75, 3.05) is 6.61 Å². The summed E-state index contributed by atoms with van der Waals surface area (Å²) < 4.78 is 10.7. The average molecular weight is 575 g/mol. The fourth-order valence-electron chi connectivity index (χ4n) is 4.68. The summed E-state index contributed by atoms with van der Waals surface area (Å²) in [5.41, 5.74) is 7.15. The smallest absolute Gasteiger partial charge is 0.185 e. The Balaban J connectivity index is 1.47. The van der Waals surface area contributed by atoms with Crippen molar-refractivity contribution < 1.29 is 4.74 Å². The Morgan fingerprint density at radius 1 is 1.00 bits per heavy atom. The molecule has 0 N–H and O–H groups in total. The van der Waals surface area contributed by atoms with E-state index >= 15 is 0 Å². The first-order valence-corrected chi connectivity index (χ1v) is 13.9. The van der Waals surface area contributed by atoms with E-state index in [0.29, 0.717) is 12.4 Å². The molecule has 0 radical (unpaired) electrons. The molecule has 3 heterocycles. The zero-order valence-electron chi connectivity index (χ0n) is 22.2. The van der Waals surface area contributed by atoms with Crippen LogP contribution in [0.4, 0.5) is 0 Å². The molecule has 9 heteroatoms. The predicted octanol–water partition coefficient (Wildman–Crippen LogP) is 6.77. The lowest BCUT2D eigenvalue weighted by molar-refractivity contribution is 0.0159. The molecule has 196 valence electrons. The van der Waals surface area contributed by atoms with Gasteiger partial charge in [0.1, 0.15) is 11.3 Å². The third-order valence-corrected chi connectivity index (χ3v) is 7.50. The quantitative estimate of drug-likeness (QED) is 0.183. The van der Waals surface area contributed by atoms with Crippen LogP contribution in [0, 0.1) is 6.92 Å². The van der Waals surface area contributed by atoms with Crippen molar-refractivity contribution in [2.24, 2.45) is 0 Å². The molecule has 0 aliphatic heterocycles. The third kappa shape index (κ3) is 5.26. The van der Waals surface area contributed by atoms with Crippen LogP contribution >= 0.6 is 15.9 Å². The Hall–Kier alpha value is -3.43. The van der Waals surface area contributed by atoms with Gasteiger partial charge in [-0.2, -0.15) is 4.68 Å². The van der Waals surface area contributed by atoms with Gasteiger partial charge in [-0.3, -0.25) is 0 Å². The largest absolute Gasteiger partial charge is 0.357 e. The molecule has 0 spiro atoms. The number of ether oxygens (including phenoxy) is 1. The molecule has 0 bridgehead atoms. The highest BCUT2D eigenvalue weighted by atomic mass is 79.9. The highest BCUT2D eigenvalue weighted by Crippen LogP contribution is 2.32. The molecule has 8 nitrogen and oxygen atoms in total. The fourth-order valence-corrected chi connectivity index (χ4v) is 4.99. The number of rotatable bonds is 10. The third-order valence-electron chi connectivity index (χ3n) is 6.70. The van der Waals surface area contributed by atoms with Crippen molar-refractivity contribution in [3.05, 3.63) is 76.2 Å². The maximum Gasteiger partial charge on any atom is 0.185 e. The van der Waals surface area contributed by atoms with Crippen LogP contribution in [0.1, 0.15) is 56.9 Å². The lowest BCUT2D eigenvalue weighted by Crippen LogP contribution is -2.12. The van der Waals surface area contributed by atoms with Gasteiger partial charge in [0.15, 0.2) is 17.7 Å². The van der Waals surface area contributed by atoms with Gasteiger partial charge in [0, 0.05) is 23.1 Å². The summed E-state index contributed by atoms with van der Waals surface area (Å²) in [6, 6.07) is 19.0. The number of nitrogens with zero attached hydrogens (tertiary/aromatic N) is 7. The number of pyridine rings is 1. The molecule has 0 saturated carbocycles. The Kier molecular flexibility index (Phi) is 7.95. The monoisotopic (exact) mass is 573 g/mol. The summed E-state index contributed by atoms with van der Waals surface area (Å²) in [6.45, 7) is 9.44. The number of benzene rings is 2. The van der Waals surface area contributed by atoms with Gasteiger partial charge in [-0.25, -0.2) is 9.97 Å². The van der Waals surface area contributed by atoms with Crippen LogP contribution in [0.3, 0.4) is 0 Å². The summed E-state index contributed by atoms with van der Waals surface area (Å²) in [4.78, 5) is 9.79. The first-order valence-electron chi connectivity index (χ1n) is 13.1. The maximum atomic E-state index is 5.74.